The summed E-state index contributed by atoms with van der Waals surface area (Å²) in [5, 5.41) is 4.35. The van der Waals surface area contributed by atoms with Crippen molar-refractivity contribution in [2.24, 2.45) is 7.05 Å². The lowest BCUT2D eigenvalue weighted by molar-refractivity contribution is -0.130. The fraction of sp³-hybridized carbons (Fsp3) is 0.750. The average molecular weight is 277 g/mol. The molecule has 1 aromatic heterocycles. The number of likely N-dealkylation sites (tertiary alicyclic amines) is 1. The van der Waals surface area contributed by atoms with Crippen molar-refractivity contribution >= 4 is 5.78 Å². The van der Waals surface area contributed by atoms with E-state index >= 15 is 0 Å². The Balaban J connectivity index is 2.20. The second-order valence-electron chi connectivity index (χ2n) is 5.93. The average Bonchev–Trinajstić information content (AvgIpc) is 3.03. The van der Waals surface area contributed by atoms with Crippen LogP contribution in [0.3, 0.4) is 0 Å². The van der Waals surface area contributed by atoms with E-state index in [9.17, 15) is 4.79 Å². The zero-order chi connectivity index (χ0) is 14.8. The van der Waals surface area contributed by atoms with Crippen molar-refractivity contribution in [1.29, 1.82) is 0 Å². The van der Waals surface area contributed by atoms with Gasteiger partial charge in [-0.15, -0.1) is 0 Å². The van der Waals surface area contributed by atoms with Crippen molar-refractivity contribution in [3.05, 3.63) is 17.5 Å². The molecular formula is C16H27N3O. The molecule has 1 saturated heterocycles. The fourth-order valence-electron chi connectivity index (χ4n) is 3.57. The van der Waals surface area contributed by atoms with Gasteiger partial charge in [-0.2, -0.15) is 5.10 Å². The van der Waals surface area contributed by atoms with E-state index in [4.69, 9.17) is 0 Å². The molecule has 4 heteroatoms. The molecule has 1 aliphatic rings. The van der Waals surface area contributed by atoms with Gasteiger partial charge in [0.25, 0.3) is 0 Å². The van der Waals surface area contributed by atoms with E-state index < -0.39 is 0 Å². The molecular weight excluding hydrogens is 250 g/mol. The number of Topliss-reactive ketones (excluding diaryl/α,β-unsaturated/α-hetero) is 1. The molecule has 0 unspecified atom stereocenters. The number of carbonyl (C=O) groups is 1. The lowest BCUT2D eigenvalue weighted by Gasteiger charge is -2.39. The first-order chi connectivity index (χ1) is 9.53. The summed E-state index contributed by atoms with van der Waals surface area (Å²) in [5.74, 6) is 0.354. The van der Waals surface area contributed by atoms with Crippen molar-refractivity contribution in [2.75, 3.05) is 13.1 Å². The van der Waals surface area contributed by atoms with Gasteiger partial charge in [0.05, 0.1) is 17.7 Å². The van der Waals surface area contributed by atoms with Gasteiger partial charge in [0.15, 0.2) is 5.78 Å². The molecule has 2 rings (SSSR count). The predicted molar refractivity (Wildman–Crippen MR) is 80.8 cm³/mol. The van der Waals surface area contributed by atoms with Crippen molar-refractivity contribution in [3.63, 3.8) is 0 Å². The van der Waals surface area contributed by atoms with Crippen LogP contribution in [0, 0.1) is 6.92 Å². The molecule has 0 spiro atoms. The van der Waals surface area contributed by atoms with E-state index in [0.717, 1.165) is 37.3 Å². The Hall–Kier alpha value is -1.16. The maximum absolute atomic E-state index is 13.0. The molecule has 0 atom stereocenters. The molecule has 0 aliphatic carbocycles. The summed E-state index contributed by atoms with van der Waals surface area (Å²) in [4.78, 5) is 15.4. The summed E-state index contributed by atoms with van der Waals surface area (Å²) in [5.41, 5.74) is 1.74. The van der Waals surface area contributed by atoms with Gasteiger partial charge in [-0.25, -0.2) is 0 Å². The van der Waals surface area contributed by atoms with Crippen LogP contribution in [0.2, 0.25) is 0 Å². The highest BCUT2D eigenvalue weighted by atomic mass is 16.1. The van der Waals surface area contributed by atoms with Crippen LogP contribution in [0.15, 0.2) is 6.07 Å². The smallest absolute Gasteiger partial charge is 0.158 e. The van der Waals surface area contributed by atoms with Gasteiger partial charge in [-0.1, -0.05) is 13.8 Å². The molecule has 1 aromatic rings. The second-order valence-corrected chi connectivity index (χ2v) is 5.93. The second kappa shape index (κ2) is 6.08. The Morgan fingerprint density at radius 2 is 1.90 bits per heavy atom. The molecule has 2 heterocycles. The maximum Gasteiger partial charge on any atom is 0.158 e. The molecule has 1 fully saturated rings. The van der Waals surface area contributed by atoms with Crippen LogP contribution >= 0.6 is 0 Å². The summed E-state index contributed by atoms with van der Waals surface area (Å²) >= 11 is 0. The first-order valence-corrected chi connectivity index (χ1v) is 7.81. The number of hydrogen-bond donors (Lipinski definition) is 0. The summed E-state index contributed by atoms with van der Waals surface area (Å²) in [6.45, 7) is 8.40. The largest absolute Gasteiger partial charge is 0.297 e. The van der Waals surface area contributed by atoms with Crippen LogP contribution in [-0.4, -0.2) is 39.1 Å². The minimum Gasteiger partial charge on any atom is -0.297 e. The van der Waals surface area contributed by atoms with Crippen LogP contribution in [0.5, 0.6) is 0 Å². The molecule has 20 heavy (non-hydrogen) atoms. The third-order valence-corrected chi connectivity index (χ3v) is 4.84. The Morgan fingerprint density at radius 3 is 2.35 bits per heavy atom. The number of hydrogen-bond acceptors (Lipinski definition) is 3. The van der Waals surface area contributed by atoms with E-state index in [1.54, 1.807) is 0 Å². The lowest BCUT2D eigenvalue weighted by atomic mass is 9.84. The van der Waals surface area contributed by atoms with E-state index in [1.807, 2.05) is 24.7 Å². The van der Waals surface area contributed by atoms with Gasteiger partial charge in [-0.05, 0) is 51.8 Å². The SMILES string of the molecule is CCC(CC)(C(=O)Cc1cc(C)nn1C)N1CCCC1. The Bertz CT molecular complexity index is 468. The third kappa shape index (κ3) is 2.66. The van der Waals surface area contributed by atoms with Gasteiger partial charge in [0.2, 0.25) is 0 Å². The molecule has 1 aliphatic heterocycles. The Morgan fingerprint density at radius 1 is 1.30 bits per heavy atom. The van der Waals surface area contributed by atoms with Gasteiger partial charge >= 0.3 is 0 Å². The number of aryl methyl sites for hydroxylation is 2. The molecule has 0 aromatic carbocycles. The van der Waals surface area contributed by atoms with Crippen LogP contribution in [0.25, 0.3) is 0 Å². The zero-order valence-corrected chi connectivity index (χ0v) is 13.3. The zero-order valence-electron chi connectivity index (χ0n) is 13.3. The minimum absolute atomic E-state index is 0.269. The summed E-state index contributed by atoms with van der Waals surface area (Å²) in [7, 11) is 1.92. The van der Waals surface area contributed by atoms with Crippen LogP contribution in [0.4, 0.5) is 0 Å². The summed E-state index contributed by atoms with van der Waals surface area (Å²) < 4.78 is 1.84. The lowest BCUT2D eigenvalue weighted by Crippen LogP contribution is -2.53. The first-order valence-electron chi connectivity index (χ1n) is 7.81. The Labute approximate surface area is 122 Å². The van der Waals surface area contributed by atoms with Gasteiger partial charge in [0, 0.05) is 12.7 Å². The van der Waals surface area contributed by atoms with Crippen LogP contribution in [-0.2, 0) is 18.3 Å². The van der Waals surface area contributed by atoms with Crippen molar-refractivity contribution in [2.45, 2.75) is 58.4 Å². The fourth-order valence-corrected chi connectivity index (χ4v) is 3.57. The molecule has 112 valence electrons. The minimum atomic E-state index is -0.269. The molecule has 0 amide bonds. The maximum atomic E-state index is 13.0. The van der Waals surface area contributed by atoms with Crippen molar-refractivity contribution in [1.82, 2.24) is 14.7 Å². The number of ketones is 1. The third-order valence-electron chi connectivity index (χ3n) is 4.84. The van der Waals surface area contributed by atoms with Crippen molar-refractivity contribution in [3.8, 4) is 0 Å². The predicted octanol–water partition coefficient (Wildman–Crippen LogP) is 2.49. The van der Waals surface area contributed by atoms with Gasteiger partial charge in [0.1, 0.15) is 0 Å². The number of rotatable bonds is 6. The monoisotopic (exact) mass is 277 g/mol. The van der Waals surface area contributed by atoms with Crippen LogP contribution in [0.1, 0.15) is 50.9 Å². The number of nitrogens with zero attached hydrogens (tertiary/aromatic N) is 3. The van der Waals surface area contributed by atoms with Crippen LogP contribution < -0.4 is 0 Å². The van der Waals surface area contributed by atoms with Crippen molar-refractivity contribution < 1.29 is 4.79 Å². The van der Waals surface area contributed by atoms with E-state index in [0.29, 0.717) is 12.2 Å². The van der Waals surface area contributed by atoms with E-state index in [1.165, 1.54) is 12.8 Å². The van der Waals surface area contributed by atoms with E-state index in [-0.39, 0.29) is 5.54 Å². The number of aromatic nitrogens is 2. The standard InChI is InChI=1S/C16H27N3O/c1-5-16(6-2,19-9-7-8-10-19)15(20)12-14-11-13(3)17-18(14)4/h11H,5-10,12H2,1-4H3. The highest BCUT2D eigenvalue weighted by molar-refractivity contribution is 5.90. The van der Waals surface area contributed by atoms with Gasteiger partial charge in [-0.3, -0.25) is 14.4 Å². The quantitative estimate of drug-likeness (QED) is 0.802. The highest BCUT2D eigenvalue weighted by Gasteiger charge is 2.41. The Kier molecular flexibility index (Phi) is 4.63. The molecule has 0 radical (unpaired) electrons. The number of carbonyl (C=O) groups excluding carboxylic acids is 1. The topological polar surface area (TPSA) is 38.1 Å². The molecule has 0 bridgehead atoms. The summed E-state index contributed by atoms with van der Waals surface area (Å²) in [6, 6.07) is 2.03. The van der Waals surface area contributed by atoms with E-state index in [2.05, 4.69) is 23.8 Å². The molecule has 0 saturated carbocycles. The summed E-state index contributed by atoms with van der Waals surface area (Å²) in [6.07, 6.45) is 4.74. The molecule has 0 N–H and O–H groups in total. The normalized spacial score (nSPS) is 16.8. The highest BCUT2D eigenvalue weighted by Crippen LogP contribution is 2.30. The van der Waals surface area contributed by atoms with Gasteiger partial charge < -0.3 is 0 Å². The molecule has 4 nitrogen and oxygen atoms in total. The first kappa shape index (κ1) is 15.2.